The first-order valence-electron chi connectivity index (χ1n) is 10.3. The third-order valence-corrected chi connectivity index (χ3v) is 8.85. The number of carbonyl (C=O) groups is 2. The predicted molar refractivity (Wildman–Crippen MR) is 94.8 cm³/mol. The molecule has 0 aromatic rings. The van der Waals surface area contributed by atoms with Gasteiger partial charge >= 0.3 is 5.97 Å². The molecule has 5 rings (SSSR count). The topological polar surface area (TPSA) is 71.1 Å². The van der Waals surface area contributed by atoms with E-state index in [4.69, 9.17) is 18.9 Å². The van der Waals surface area contributed by atoms with Gasteiger partial charge in [0.25, 0.3) is 0 Å². The zero-order valence-electron chi connectivity index (χ0n) is 16.7. The van der Waals surface area contributed by atoms with Crippen molar-refractivity contribution in [2.75, 3.05) is 13.7 Å². The summed E-state index contributed by atoms with van der Waals surface area (Å²) in [6.45, 7) is 6.84. The molecule has 6 nitrogen and oxygen atoms in total. The van der Waals surface area contributed by atoms with Gasteiger partial charge in [-0.05, 0) is 38.5 Å². The summed E-state index contributed by atoms with van der Waals surface area (Å²) in [7, 11) is 1.67. The summed E-state index contributed by atoms with van der Waals surface area (Å²) in [6, 6.07) is 0. The second-order valence-electron chi connectivity index (χ2n) is 9.96. The molecular formula is C21H30O6. The molecule has 27 heavy (non-hydrogen) atoms. The highest BCUT2D eigenvalue weighted by molar-refractivity contribution is 6.06. The highest BCUT2D eigenvalue weighted by Crippen LogP contribution is 2.70. The maximum atomic E-state index is 12.8. The van der Waals surface area contributed by atoms with Crippen molar-refractivity contribution >= 4 is 11.8 Å². The Hall–Kier alpha value is -0.980. The number of fused-ring (bicyclic) bond motifs is 1. The Bertz CT molecular complexity index is 707. The van der Waals surface area contributed by atoms with E-state index in [9.17, 15) is 9.59 Å². The van der Waals surface area contributed by atoms with Gasteiger partial charge in [-0.25, -0.2) is 0 Å². The van der Waals surface area contributed by atoms with Crippen molar-refractivity contribution in [1.82, 2.24) is 0 Å². The van der Waals surface area contributed by atoms with Crippen LogP contribution in [0.15, 0.2) is 0 Å². The van der Waals surface area contributed by atoms with Crippen molar-refractivity contribution in [1.29, 1.82) is 0 Å². The Morgan fingerprint density at radius 2 is 1.93 bits per heavy atom. The summed E-state index contributed by atoms with van der Waals surface area (Å²) in [4.78, 5) is 25.6. The fourth-order valence-corrected chi connectivity index (χ4v) is 7.42. The van der Waals surface area contributed by atoms with Gasteiger partial charge in [0.1, 0.15) is 17.3 Å². The fraction of sp³-hybridized carbons (Fsp3) is 0.905. The number of methoxy groups -OCH3 is 1. The highest BCUT2D eigenvalue weighted by atomic mass is 16.7. The summed E-state index contributed by atoms with van der Waals surface area (Å²) in [5, 5.41) is 0. The van der Waals surface area contributed by atoms with Crippen molar-refractivity contribution in [3.63, 3.8) is 0 Å². The second-order valence-corrected chi connectivity index (χ2v) is 9.96. The monoisotopic (exact) mass is 378 g/mol. The van der Waals surface area contributed by atoms with Gasteiger partial charge in [0.05, 0.1) is 17.8 Å². The SMILES string of the molecule is CO[C@@H]1C[C@]2(CC[C@@]3(O2)[C@H](C)C[C@H]2OC(=O)[C@@]4(C)C(=O)CC[C@@]3(C)[C@@H]24)CO1. The quantitative estimate of drug-likeness (QED) is 0.516. The molecule has 0 amide bonds. The third kappa shape index (κ3) is 1.97. The van der Waals surface area contributed by atoms with E-state index in [1.807, 2.05) is 6.92 Å². The molecule has 0 unspecified atom stereocenters. The van der Waals surface area contributed by atoms with E-state index in [1.165, 1.54) is 0 Å². The van der Waals surface area contributed by atoms with Crippen molar-refractivity contribution < 1.29 is 28.5 Å². The molecule has 0 bridgehead atoms. The molecule has 5 aliphatic rings. The van der Waals surface area contributed by atoms with Gasteiger partial charge in [0.15, 0.2) is 6.29 Å². The molecule has 3 heterocycles. The molecule has 150 valence electrons. The number of ketones is 1. The molecule has 0 N–H and O–H groups in total. The molecule has 3 aliphatic heterocycles. The van der Waals surface area contributed by atoms with Crippen LogP contribution in [0.3, 0.4) is 0 Å². The van der Waals surface area contributed by atoms with E-state index < -0.39 is 5.41 Å². The lowest BCUT2D eigenvalue weighted by Crippen LogP contribution is -2.67. The molecule has 3 saturated heterocycles. The van der Waals surface area contributed by atoms with Crippen LogP contribution in [-0.4, -0.2) is 49.1 Å². The summed E-state index contributed by atoms with van der Waals surface area (Å²) in [5.74, 6) is -0.133. The van der Waals surface area contributed by atoms with Crippen LogP contribution < -0.4 is 0 Å². The number of hydrogen-bond acceptors (Lipinski definition) is 6. The Morgan fingerprint density at radius 3 is 2.63 bits per heavy atom. The number of hydrogen-bond donors (Lipinski definition) is 0. The third-order valence-electron chi connectivity index (χ3n) is 8.85. The number of carbonyl (C=O) groups excluding carboxylic acids is 2. The molecule has 0 radical (unpaired) electrons. The minimum Gasteiger partial charge on any atom is -0.461 e. The number of ether oxygens (including phenoxy) is 4. The number of esters is 1. The Balaban J connectivity index is 1.57. The summed E-state index contributed by atoms with van der Waals surface area (Å²) >= 11 is 0. The van der Waals surface area contributed by atoms with Crippen LogP contribution in [0.5, 0.6) is 0 Å². The standard InChI is InChI=1S/C21H30O6/c1-12-9-13-16-18(2,6-5-14(22)19(16,3)17(23)26-13)21(12)8-7-20(27-21)10-15(24-4)25-11-20/h12-13,15-16H,5-11H2,1-4H3/t12-,13-,15+,16-,18+,19+,20-,21-/m1/s1. The Kier molecular flexibility index (Phi) is 3.57. The number of rotatable bonds is 1. The fourth-order valence-electron chi connectivity index (χ4n) is 7.42. The maximum Gasteiger partial charge on any atom is 0.320 e. The molecule has 6 heteroatoms. The van der Waals surface area contributed by atoms with Crippen LogP contribution in [0, 0.1) is 22.7 Å². The van der Waals surface area contributed by atoms with E-state index in [0.717, 1.165) is 32.1 Å². The minimum absolute atomic E-state index is 0.0403. The minimum atomic E-state index is -1.02. The van der Waals surface area contributed by atoms with Gasteiger partial charge < -0.3 is 18.9 Å². The summed E-state index contributed by atoms with van der Waals surface area (Å²) < 4.78 is 24.0. The Labute approximate surface area is 160 Å². The predicted octanol–water partition coefficient (Wildman–Crippen LogP) is 2.62. The van der Waals surface area contributed by atoms with Gasteiger partial charge in [0, 0.05) is 31.3 Å². The molecule has 8 atom stereocenters. The second kappa shape index (κ2) is 5.33. The lowest BCUT2D eigenvalue weighted by Gasteiger charge is -2.61. The largest absolute Gasteiger partial charge is 0.461 e. The van der Waals surface area contributed by atoms with E-state index in [2.05, 4.69) is 13.8 Å². The first-order chi connectivity index (χ1) is 12.7. The smallest absolute Gasteiger partial charge is 0.320 e. The van der Waals surface area contributed by atoms with Crippen molar-refractivity contribution in [2.45, 2.75) is 82.9 Å². The molecule has 0 aromatic heterocycles. The van der Waals surface area contributed by atoms with Crippen LogP contribution in [0.1, 0.15) is 59.3 Å². The maximum absolute atomic E-state index is 12.8. The van der Waals surface area contributed by atoms with Crippen molar-refractivity contribution in [3.05, 3.63) is 0 Å². The van der Waals surface area contributed by atoms with Crippen molar-refractivity contribution in [3.8, 4) is 0 Å². The van der Waals surface area contributed by atoms with Gasteiger partial charge in [-0.1, -0.05) is 13.8 Å². The van der Waals surface area contributed by atoms with Gasteiger partial charge in [-0.15, -0.1) is 0 Å². The van der Waals surface area contributed by atoms with E-state index in [1.54, 1.807) is 7.11 Å². The van der Waals surface area contributed by atoms with Gasteiger partial charge in [0.2, 0.25) is 0 Å². The summed E-state index contributed by atoms with van der Waals surface area (Å²) in [5.41, 5.74) is -1.95. The lowest BCUT2D eigenvalue weighted by molar-refractivity contribution is -0.247. The average Bonchev–Trinajstić information content (AvgIpc) is 3.29. The first-order valence-corrected chi connectivity index (χ1v) is 10.3. The van der Waals surface area contributed by atoms with Crippen molar-refractivity contribution in [2.24, 2.45) is 22.7 Å². The van der Waals surface area contributed by atoms with Crippen LogP contribution in [0.25, 0.3) is 0 Å². The van der Waals surface area contributed by atoms with Crippen LogP contribution in [0.4, 0.5) is 0 Å². The van der Waals surface area contributed by atoms with Gasteiger partial charge in [-0.3, -0.25) is 9.59 Å². The Morgan fingerprint density at radius 1 is 1.15 bits per heavy atom. The van der Waals surface area contributed by atoms with Crippen LogP contribution in [0.2, 0.25) is 0 Å². The molecule has 2 saturated carbocycles. The first kappa shape index (κ1) is 18.1. The lowest BCUT2D eigenvalue weighted by atomic mass is 9.44. The summed E-state index contributed by atoms with van der Waals surface area (Å²) in [6.07, 6.45) is 4.17. The molecule has 0 aromatic carbocycles. The molecule has 5 fully saturated rings. The number of Topliss-reactive ketones (excluding diaryl/α,β-unsaturated/α-hetero) is 1. The molecule has 2 aliphatic carbocycles. The zero-order chi connectivity index (χ0) is 19.2. The van der Waals surface area contributed by atoms with Crippen LogP contribution in [-0.2, 0) is 28.5 Å². The van der Waals surface area contributed by atoms with E-state index >= 15 is 0 Å². The molecule has 2 spiro atoms. The van der Waals surface area contributed by atoms with E-state index in [0.29, 0.717) is 13.0 Å². The van der Waals surface area contributed by atoms with E-state index in [-0.39, 0.29) is 52.6 Å². The van der Waals surface area contributed by atoms with Crippen LogP contribution >= 0.6 is 0 Å². The molecular weight excluding hydrogens is 348 g/mol. The van der Waals surface area contributed by atoms with Gasteiger partial charge in [-0.2, -0.15) is 0 Å². The highest BCUT2D eigenvalue weighted by Gasteiger charge is 2.76. The normalized spacial score (nSPS) is 56.7. The average molecular weight is 378 g/mol. The zero-order valence-corrected chi connectivity index (χ0v) is 16.7.